The summed E-state index contributed by atoms with van der Waals surface area (Å²) in [6.07, 6.45) is 0. The highest BCUT2D eigenvalue weighted by Gasteiger charge is 2.05. The van der Waals surface area contributed by atoms with Gasteiger partial charge in [0.15, 0.2) is 0 Å². The topological polar surface area (TPSA) is 27.1 Å². The van der Waals surface area contributed by atoms with Crippen LogP contribution in [0, 0.1) is 6.92 Å². The van der Waals surface area contributed by atoms with E-state index in [4.69, 9.17) is 4.74 Å². The number of benzene rings is 1. The Kier molecular flexibility index (Phi) is 2.23. The minimum absolute atomic E-state index is 0.758. The van der Waals surface area contributed by atoms with E-state index in [1.807, 2.05) is 43.3 Å². The second-order valence-electron chi connectivity index (χ2n) is 3.08. The molecule has 2 aromatic rings. The fourth-order valence-electron chi connectivity index (χ4n) is 1.38. The molecule has 0 aliphatic heterocycles. The number of rotatable bonds is 2. The van der Waals surface area contributed by atoms with E-state index in [-0.39, 0.29) is 0 Å². The van der Waals surface area contributed by atoms with Crippen LogP contribution in [0.4, 0.5) is 0 Å². The van der Waals surface area contributed by atoms with E-state index in [9.17, 15) is 0 Å². The van der Waals surface area contributed by atoms with E-state index in [2.05, 4.69) is 5.10 Å². The van der Waals surface area contributed by atoms with Gasteiger partial charge < -0.3 is 4.74 Å². The van der Waals surface area contributed by atoms with Gasteiger partial charge in [-0.2, -0.15) is 5.10 Å². The highest BCUT2D eigenvalue weighted by molar-refractivity contribution is 5.35. The molecule has 0 radical (unpaired) electrons. The minimum Gasteiger partial charge on any atom is -0.481 e. The molecule has 0 unspecified atom stereocenters. The predicted octanol–water partition coefficient (Wildman–Crippen LogP) is 2.19. The Bertz CT molecular complexity index is 420. The average Bonchev–Trinajstić information content (AvgIpc) is 2.61. The SMILES string of the molecule is COc1cc(C)nn1-c1ccccc1. The Hall–Kier alpha value is -1.77. The molecule has 72 valence electrons. The van der Waals surface area contributed by atoms with Gasteiger partial charge in [0.2, 0.25) is 5.88 Å². The van der Waals surface area contributed by atoms with Crippen LogP contribution in [0.1, 0.15) is 5.69 Å². The summed E-state index contributed by atoms with van der Waals surface area (Å²) in [6.45, 7) is 1.95. The first-order chi connectivity index (χ1) is 6.81. The van der Waals surface area contributed by atoms with Crippen molar-refractivity contribution >= 4 is 0 Å². The molecule has 0 aliphatic carbocycles. The van der Waals surface area contributed by atoms with Crippen LogP contribution >= 0.6 is 0 Å². The van der Waals surface area contributed by atoms with Crippen molar-refractivity contribution in [2.75, 3.05) is 7.11 Å². The molecular formula is C11H12N2O. The van der Waals surface area contributed by atoms with Gasteiger partial charge in [0, 0.05) is 6.07 Å². The van der Waals surface area contributed by atoms with Crippen molar-refractivity contribution in [2.45, 2.75) is 6.92 Å². The van der Waals surface area contributed by atoms with E-state index < -0.39 is 0 Å². The lowest BCUT2D eigenvalue weighted by Gasteiger charge is -2.04. The monoisotopic (exact) mass is 188 g/mol. The lowest BCUT2D eigenvalue weighted by atomic mass is 10.3. The molecule has 0 amide bonds. The molecule has 0 atom stereocenters. The van der Waals surface area contributed by atoms with Crippen molar-refractivity contribution in [3.8, 4) is 11.6 Å². The molecule has 0 saturated heterocycles. The standard InChI is InChI=1S/C11H12N2O/c1-9-8-11(14-2)13(12-9)10-6-4-3-5-7-10/h3-8H,1-2H3. The summed E-state index contributed by atoms with van der Waals surface area (Å²) in [5.41, 5.74) is 1.96. The molecule has 14 heavy (non-hydrogen) atoms. The van der Waals surface area contributed by atoms with E-state index in [1.165, 1.54) is 0 Å². The fourth-order valence-corrected chi connectivity index (χ4v) is 1.38. The lowest BCUT2D eigenvalue weighted by molar-refractivity contribution is 0.383. The fraction of sp³-hybridized carbons (Fsp3) is 0.182. The van der Waals surface area contributed by atoms with Crippen molar-refractivity contribution in [3.05, 3.63) is 42.1 Å². The third-order valence-electron chi connectivity index (χ3n) is 2.01. The van der Waals surface area contributed by atoms with Crippen LogP contribution < -0.4 is 4.74 Å². The van der Waals surface area contributed by atoms with Crippen molar-refractivity contribution in [1.82, 2.24) is 9.78 Å². The van der Waals surface area contributed by atoms with Crippen molar-refractivity contribution in [1.29, 1.82) is 0 Å². The van der Waals surface area contributed by atoms with Crippen molar-refractivity contribution < 1.29 is 4.74 Å². The molecule has 1 aromatic carbocycles. The van der Waals surface area contributed by atoms with Crippen LogP contribution in [-0.4, -0.2) is 16.9 Å². The van der Waals surface area contributed by atoms with Crippen molar-refractivity contribution in [3.63, 3.8) is 0 Å². The maximum absolute atomic E-state index is 5.22. The van der Waals surface area contributed by atoms with Crippen LogP contribution in [0.25, 0.3) is 5.69 Å². The Morgan fingerprint density at radius 2 is 1.93 bits per heavy atom. The number of aromatic nitrogens is 2. The van der Waals surface area contributed by atoms with Crippen LogP contribution in [0.3, 0.4) is 0 Å². The number of ether oxygens (including phenoxy) is 1. The number of nitrogens with zero attached hydrogens (tertiary/aromatic N) is 2. The molecule has 0 N–H and O–H groups in total. The lowest BCUT2D eigenvalue weighted by Crippen LogP contribution is -1.99. The molecular weight excluding hydrogens is 176 g/mol. The Labute approximate surface area is 82.9 Å². The molecule has 0 spiro atoms. The third-order valence-corrected chi connectivity index (χ3v) is 2.01. The summed E-state index contributed by atoms with van der Waals surface area (Å²) in [7, 11) is 1.65. The summed E-state index contributed by atoms with van der Waals surface area (Å²) in [5.74, 6) is 0.758. The van der Waals surface area contributed by atoms with Gasteiger partial charge in [0.25, 0.3) is 0 Å². The smallest absolute Gasteiger partial charge is 0.216 e. The maximum Gasteiger partial charge on any atom is 0.216 e. The summed E-state index contributed by atoms with van der Waals surface area (Å²) in [5, 5.41) is 4.34. The Balaban J connectivity index is 2.51. The van der Waals surface area contributed by atoms with E-state index in [0.29, 0.717) is 0 Å². The van der Waals surface area contributed by atoms with Gasteiger partial charge in [-0.3, -0.25) is 0 Å². The molecule has 0 aliphatic rings. The molecule has 1 aromatic heterocycles. The van der Waals surface area contributed by atoms with Gasteiger partial charge in [-0.1, -0.05) is 18.2 Å². The Morgan fingerprint density at radius 3 is 2.57 bits per heavy atom. The Morgan fingerprint density at radius 1 is 1.21 bits per heavy atom. The molecule has 3 nitrogen and oxygen atoms in total. The molecule has 0 fully saturated rings. The van der Waals surface area contributed by atoms with E-state index in [1.54, 1.807) is 11.8 Å². The molecule has 0 bridgehead atoms. The second-order valence-corrected chi connectivity index (χ2v) is 3.08. The highest BCUT2D eigenvalue weighted by atomic mass is 16.5. The predicted molar refractivity (Wildman–Crippen MR) is 54.9 cm³/mol. The number of hydrogen-bond donors (Lipinski definition) is 0. The van der Waals surface area contributed by atoms with Gasteiger partial charge in [0.05, 0.1) is 18.5 Å². The van der Waals surface area contributed by atoms with Crippen LogP contribution in [-0.2, 0) is 0 Å². The molecule has 0 saturated carbocycles. The van der Waals surface area contributed by atoms with Gasteiger partial charge in [0.1, 0.15) is 0 Å². The largest absolute Gasteiger partial charge is 0.481 e. The first-order valence-corrected chi connectivity index (χ1v) is 4.47. The van der Waals surface area contributed by atoms with Crippen LogP contribution in [0.5, 0.6) is 5.88 Å². The average molecular weight is 188 g/mol. The van der Waals surface area contributed by atoms with Gasteiger partial charge in [-0.05, 0) is 19.1 Å². The summed E-state index contributed by atoms with van der Waals surface area (Å²) in [4.78, 5) is 0. The third kappa shape index (κ3) is 1.48. The summed E-state index contributed by atoms with van der Waals surface area (Å²) in [6, 6.07) is 11.8. The van der Waals surface area contributed by atoms with Gasteiger partial charge in [-0.15, -0.1) is 0 Å². The quantitative estimate of drug-likeness (QED) is 0.722. The van der Waals surface area contributed by atoms with Crippen LogP contribution in [0.15, 0.2) is 36.4 Å². The highest BCUT2D eigenvalue weighted by Crippen LogP contribution is 2.17. The number of para-hydroxylation sites is 1. The molecule has 2 rings (SSSR count). The zero-order valence-corrected chi connectivity index (χ0v) is 8.27. The molecule has 3 heteroatoms. The minimum atomic E-state index is 0.758. The zero-order chi connectivity index (χ0) is 9.97. The summed E-state index contributed by atoms with van der Waals surface area (Å²) >= 11 is 0. The zero-order valence-electron chi connectivity index (χ0n) is 8.27. The first kappa shape index (κ1) is 8.81. The molecule has 1 heterocycles. The van der Waals surface area contributed by atoms with Gasteiger partial charge >= 0.3 is 0 Å². The number of hydrogen-bond acceptors (Lipinski definition) is 2. The van der Waals surface area contributed by atoms with E-state index in [0.717, 1.165) is 17.3 Å². The van der Waals surface area contributed by atoms with Crippen molar-refractivity contribution in [2.24, 2.45) is 0 Å². The first-order valence-electron chi connectivity index (χ1n) is 4.47. The summed E-state index contributed by atoms with van der Waals surface area (Å²) < 4.78 is 7.01. The normalized spacial score (nSPS) is 10.1. The van der Waals surface area contributed by atoms with Crippen LogP contribution in [0.2, 0.25) is 0 Å². The number of methoxy groups -OCH3 is 1. The maximum atomic E-state index is 5.22. The second kappa shape index (κ2) is 3.54. The van der Waals surface area contributed by atoms with Gasteiger partial charge in [-0.25, -0.2) is 4.68 Å². The number of aryl methyl sites for hydroxylation is 1. The van der Waals surface area contributed by atoms with E-state index >= 15 is 0 Å².